The largest absolute Gasteiger partial charge is 0.349 e. The van der Waals surface area contributed by atoms with E-state index in [1.54, 1.807) is 30.9 Å². The molecule has 0 aromatic carbocycles. The van der Waals surface area contributed by atoms with Crippen molar-refractivity contribution in [3.63, 3.8) is 0 Å². The molecule has 1 saturated carbocycles. The maximum atomic E-state index is 12.1. The monoisotopic (exact) mass is 255 g/mol. The molecule has 5 nitrogen and oxygen atoms in total. The Bertz CT molecular complexity index is 319. The quantitative estimate of drug-likeness (QED) is 0.588. The molecule has 1 fully saturated rings. The standard InChI is InChI=1S/C13H25N3O2/c1-10-8-13(14-2,16(5)9-17)7-6-11(10)12(18)15(3)4/h9-11,14H,6-8H2,1-5H3/t10?,11-,13?/m0/s1. The second-order valence-electron chi connectivity index (χ2n) is 5.56. The van der Waals surface area contributed by atoms with E-state index in [0.717, 1.165) is 25.7 Å². The van der Waals surface area contributed by atoms with Gasteiger partial charge < -0.3 is 9.80 Å². The first-order valence-corrected chi connectivity index (χ1v) is 6.46. The van der Waals surface area contributed by atoms with Crippen molar-refractivity contribution < 1.29 is 9.59 Å². The van der Waals surface area contributed by atoms with Crippen LogP contribution < -0.4 is 5.32 Å². The minimum absolute atomic E-state index is 0.0709. The number of amides is 2. The lowest BCUT2D eigenvalue weighted by molar-refractivity contribution is -0.139. The van der Waals surface area contributed by atoms with Crippen LogP contribution in [-0.4, -0.2) is 56.0 Å². The van der Waals surface area contributed by atoms with Gasteiger partial charge in [-0.25, -0.2) is 0 Å². The molecular formula is C13H25N3O2. The van der Waals surface area contributed by atoms with Gasteiger partial charge in [-0.2, -0.15) is 0 Å². The van der Waals surface area contributed by atoms with Gasteiger partial charge in [0.15, 0.2) is 0 Å². The van der Waals surface area contributed by atoms with Crippen LogP contribution in [0.15, 0.2) is 0 Å². The van der Waals surface area contributed by atoms with Crippen LogP contribution in [0.4, 0.5) is 0 Å². The molecule has 1 aliphatic carbocycles. The lowest BCUT2D eigenvalue weighted by atomic mass is 9.73. The SMILES string of the molecule is CNC1(N(C)C=O)CC[C@H](C(=O)N(C)C)C(C)C1. The molecule has 3 atom stereocenters. The zero-order valence-electron chi connectivity index (χ0n) is 12.1. The summed E-state index contributed by atoms with van der Waals surface area (Å²) in [6.07, 6.45) is 3.30. The number of hydrogen-bond acceptors (Lipinski definition) is 3. The number of carbonyl (C=O) groups excluding carboxylic acids is 2. The number of nitrogens with one attached hydrogen (secondary N) is 1. The molecule has 1 rings (SSSR count). The second kappa shape index (κ2) is 5.69. The summed E-state index contributed by atoms with van der Waals surface area (Å²) in [4.78, 5) is 26.4. The third-order valence-corrected chi connectivity index (χ3v) is 4.27. The average molecular weight is 255 g/mol. The van der Waals surface area contributed by atoms with Crippen LogP contribution in [-0.2, 0) is 9.59 Å². The highest BCUT2D eigenvalue weighted by Crippen LogP contribution is 2.38. The molecule has 2 unspecified atom stereocenters. The van der Waals surface area contributed by atoms with Crippen molar-refractivity contribution in [1.29, 1.82) is 0 Å². The number of nitrogens with zero attached hydrogens (tertiary/aromatic N) is 2. The topological polar surface area (TPSA) is 52.7 Å². The first kappa shape index (κ1) is 15.0. The Kier molecular flexibility index (Phi) is 4.73. The minimum Gasteiger partial charge on any atom is -0.349 e. The fraction of sp³-hybridized carbons (Fsp3) is 0.846. The molecule has 104 valence electrons. The fourth-order valence-corrected chi connectivity index (χ4v) is 2.98. The molecule has 0 bridgehead atoms. The van der Waals surface area contributed by atoms with Gasteiger partial charge in [0.1, 0.15) is 0 Å². The molecule has 1 N–H and O–H groups in total. The van der Waals surface area contributed by atoms with Gasteiger partial charge >= 0.3 is 0 Å². The van der Waals surface area contributed by atoms with E-state index in [9.17, 15) is 9.59 Å². The summed E-state index contributed by atoms with van der Waals surface area (Å²) in [6, 6.07) is 0. The van der Waals surface area contributed by atoms with Crippen molar-refractivity contribution in [2.24, 2.45) is 11.8 Å². The Morgan fingerprint density at radius 1 is 1.39 bits per heavy atom. The fourth-order valence-electron chi connectivity index (χ4n) is 2.98. The predicted octanol–water partition coefficient (Wildman–Crippen LogP) is 0.515. The van der Waals surface area contributed by atoms with Gasteiger partial charge in [0.05, 0.1) is 5.66 Å². The van der Waals surface area contributed by atoms with E-state index in [1.807, 2.05) is 7.05 Å². The van der Waals surface area contributed by atoms with Gasteiger partial charge in [0.2, 0.25) is 12.3 Å². The highest BCUT2D eigenvalue weighted by atomic mass is 16.2. The zero-order valence-corrected chi connectivity index (χ0v) is 12.1. The molecule has 0 saturated heterocycles. The zero-order chi connectivity index (χ0) is 13.9. The van der Waals surface area contributed by atoms with Crippen molar-refractivity contribution in [3.8, 4) is 0 Å². The molecule has 5 heteroatoms. The van der Waals surface area contributed by atoms with Crippen LogP contribution >= 0.6 is 0 Å². The van der Waals surface area contributed by atoms with Crippen LogP contribution in [0.2, 0.25) is 0 Å². The number of rotatable bonds is 4. The smallest absolute Gasteiger partial charge is 0.225 e. The molecular weight excluding hydrogens is 230 g/mol. The van der Waals surface area contributed by atoms with Gasteiger partial charge in [-0.3, -0.25) is 14.9 Å². The summed E-state index contributed by atoms with van der Waals surface area (Å²) in [7, 11) is 7.27. The minimum atomic E-state index is -0.301. The van der Waals surface area contributed by atoms with Crippen LogP contribution in [0.3, 0.4) is 0 Å². The lowest BCUT2D eigenvalue weighted by Crippen LogP contribution is -2.59. The third-order valence-electron chi connectivity index (χ3n) is 4.27. The summed E-state index contributed by atoms with van der Waals surface area (Å²) in [6.45, 7) is 2.09. The van der Waals surface area contributed by atoms with Crippen molar-refractivity contribution in [2.75, 3.05) is 28.2 Å². The third kappa shape index (κ3) is 2.66. The molecule has 0 aromatic heterocycles. The Morgan fingerprint density at radius 3 is 2.39 bits per heavy atom. The molecule has 2 amide bonds. The molecule has 0 aliphatic heterocycles. The lowest BCUT2D eigenvalue weighted by Gasteiger charge is -2.47. The van der Waals surface area contributed by atoms with Crippen molar-refractivity contribution in [1.82, 2.24) is 15.1 Å². The van der Waals surface area contributed by atoms with E-state index in [1.165, 1.54) is 0 Å². The van der Waals surface area contributed by atoms with Gasteiger partial charge in [-0.15, -0.1) is 0 Å². The van der Waals surface area contributed by atoms with E-state index in [4.69, 9.17) is 0 Å². The summed E-state index contributed by atoms with van der Waals surface area (Å²) < 4.78 is 0. The van der Waals surface area contributed by atoms with E-state index < -0.39 is 0 Å². The van der Waals surface area contributed by atoms with E-state index in [-0.39, 0.29) is 23.4 Å². The first-order valence-electron chi connectivity index (χ1n) is 6.46. The van der Waals surface area contributed by atoms with E-state index >= 15 is 0 Å². The van der Waals surface area contributed by atoms with Crippen molar-refractivity contribution in [3.05, 3.63) is 0 Å². The van der Waals surface area contributed by atoms with Gasteiger partial charge in [-0.1, -0.05) is 6.92 Å². The maximum absolute atomic E-state index is 12.1. The number of carbonyl (C=O) groups is 2. The Balaban J connectivity index is 2.81. The molecule has 0 heterocycles. The molecule has 0 radical (unpaired) electrons. The van der Waals surface area contributed by atoms with Gasteiger partial charge in [0.25, 0.3) is 0 Å². The highest BCUT2D eigenvalue weighted by molar-refractivity contribution is 5.78. The van der Waals surface area contributed by atoms with E-state index in [0.29, 0.717) is 0 Å². The molecule has 0 spiro atoms. The molecule has 18 heavy (non-hydrogen) atoms. The Labute approximate surface area is 110 Å². The Hall–Kier alpha value is -1.10. The molecule has 0 aromatic rings. The maximum Gasteiger partial charge on any atom is 0.225 e. The first-order chi connectivity index (χ1) is 8.38. The molecule has 1 aliphatic rings. The van der Waals surface area contributed by atoms with Crippen molar-refractivity contribution >= 4 is 12.3 Å². The summed E-state index contributed by atoms with van der Waals surface area (Å²) in [5.74, 6) is 0.533. The van der Waals surface area contributed by atoms with Crippen LogP contribution in [0, 0.1) is 11.8 Å². The normalized spacial score (nSPS) is 31.8. The number of hydrogen-bond donors (Lipinski definition) is 1. The van der Waals surface area contributed by atoms with Crippen LogP contribution in [0.1, 0.15) is 26.2 Å². The van der Waals surface area contributed by atoms with Gasteiger partial charge in [-0.05, 0) is 32.2 Å². The van der Waals surface area contributed by atoms with Crippen molar-refractivity contribution in [2.45, 2.75) is 31.8 Å². The van der Waals surface area contributed by atoms with Crippen LogP contribution in [0.5, 0.6) is 0 Å². The predicted molar refractivity (Wildman–Crippen MR) is 70.8 cm³/mol. The van der Waals surface area contributed by atoms with Gasteiger partial charge in [0, 0.05) is 27.1 Å². The second-order valence-corrected chi connectivity index (χ2v) is 5.56. The summed E-state index contributed by atoms with van der Waals surface area (Å²) in [5.41, 5.74) is -0.301. The average Bonchev–Trinajstić information content (AvgIpc) is 2.36. The Morgan fingerprint density at radius 2 is 2.00 bits per heavy atom. The highest BCUT2D eigenvalue weighted by Gasteiger charge is 2.43. The van der Waals surface area contributed by atoms with Crippen LogP contribution in [0.25, 0.3) is 0 Å². The summed E-state index contributed by atoms with van der Waals surface area (Å²) >= 11 is 0. The van der Waals surface area contributed by atoms with E-state index in [2.05, 4.69) is 12.2 Å². The summed E-state index contributed by atoms with van der Waals surface area (Å²) in [5, 5.41) is 3.26.